The van der Waals surface area contributed by atoms with Gasteiger partial charge in [0.1, 0.15) is 5.75 Å². The number of hydrogen-bond acceptors (Lipinski definition) is 5. The Morgan fingerprint density at radius 1 is 1.32 bits per heavy atom. The number of phenols is 1. The molecule has 0 atom stereocenters. The second-order valence-electron chi connectivity index (χ2n) is 5.30. The quantitative estimate of drug-likeness (QED) is 0.769. The molecule has 2 N–H and O–H groups in total. The van der Waals surface area contributed by atoms with Gasteiger partial charge in [-0.25, -0.2) is 0 Å². The molecule has 0 radical (unpaired) electrons. The van der Waals surface area contributed by atoms with Crippen molar-refractivity contribution in [3.63, 3.8) is 0 Å². The number of amides is 1. The Morgan fingerprint density at radius 3 is 2.82 bits per heavy atom. The van der Waals surface area contributed by atoms with Gasteiger partial charge < -0.3 is 15.2 Å². The highest BCUT2D eigenvalue weighted by atomic mass is 16.5. The molecule has 0 bridgehead atoms. The fraction of sp³-hybridized carbons (Fsp3) is 0.500. The second-order valence-corrected chi connectivity index (χ2v) is 5.30. The summed E-state index contributed by atoms with van der Waals surface area (Å²) in [6.45, 7) is 5.16. The Morgan fingerprint density at radius 2 is 2.09 bits per heavy atom. The van der Waals surface area contributed by atoms with Crippen molar-refractivity contribution in [2.24, 2.45) is 0 Å². The molecule has 0 unspecified atom stereocenters. The van der Waals surface area contributed by atoms with E-state index in [0.29, 0.717) is 12.1 Å². The van der Waals surface area contributed by atoms with Crippen LogP contribution in [0, 0.1) is 11.3 Å². The summed E-state index contributed by atoms with van der Waals surface area (Å²) in [5, 5.41) is 21.1. The Hall–Kier alpha value is -2.10. The summed E-state index contributed by atoms with van der Waals surface area (Å²) in [7, 11) is 0. The fourth-order valence-corrected chi connectivity index (χ4v) is 2.40. The van der Waals surface area contributed by atoms with Crippen molar-refractivity contribution in [1.82, 2.24) is 10.2 Å². The van der Waals surface area contributed by atoms with Crippen molar-refractivity contribution < 1.29 is 14.6 Å². The third-order valence-electron chi connectivity index (χ3n) is 3.60. The second kappa shape index (κ2) is 8.37. The summed E-state index contributed by atoms with van der Waals surface area (Å²) in [6.07, 6.45) is 1.91. The minimum atomic E-state index is -0.265. The van der Waals surface area contributed by atoms with Crippen LogP contribution in [0.15, 0.2) is 18.2 Å². The average molecular weight is 303 g/mol. The molecule has 1 heterocycles. The van der Waals surface area contributed by atoms with Crippen LogP contribution >= 0.6 is 0 Å². The van der Waals surface area contributed by atoms with Crippen LogP contribution in [-0.2, 0) is 4.74 Å². The highest BCUT2D eigenvalue weighted by Crippen LogP contribution is 2.15. The van der Waals surface area contributed by atoms with Crippen molar-refractivity contribution in [1.29, 1.82) is 5.26 Å². The van der Waals surface area contributed by atoms with Crippen molar-refractivity contribution in [3.05, 3.63) is 29.3 Å². The molecule has 0 saturated carbocycles. The van der Waals surface area contributed by atoms with E-state index < -0.39 is 0 Å². The number of unbranched alkanes of at least 4 members (excludes halogenated alkanes) is 1. The van der Waals surface area contributed by atoms with Crippen LogP contribution in [0.25, 0.3) is 0 Å². The van der Waals surface area contributed by atoms with Gasteiger partial charge in [0.25, 0.3) is 5.91 Å². The Bertz CT molecular complexity index is 548. The van der Waals surface area contributed by atoms with Gasteiger partial charge in [0, 0.05) is 25.2 Å². The summed E-state index contributed by atoms with van der Waals surface area (Å²) in [6, 6.07) is 6.09. The van der Waals surface area contributed by atoms with Gasteiger partial charge in [0.05, 0.1) is 24.8 Å². The monoisotopic (exact) mass is 303 g/mol. The van der Waals surface area contributed by atoms with Crippen LogP contribution in [0.5, 0.6) is 5.75 Å². The molecular weight excluding hydrogens is 282 g/mol. The number of morpholine rings is 1. The Kier molecular flexibility index (Phi) is 6.19. The summed E-state index contributed by atoms with van der Waals surface area (Å²) in [5.74, 6) is -0.338. The number of nitrogens with zero attached hydrogens (tertiary/aromatic N) is 2. The van der Waals surface area contributed by atoms with Crippen LogP contribution < -0.4 is 5.32 Å². The van der Waals surface area contributed by atoms with Crippen LogP contribution in [-0.4, -0.2) is 55.3 Å². The maximum atomic E-state index is 12.0. The number of nitrogens with one attached hydrogen (secondary N) is 1. The van der Waals surface area contributed by atoms with Crippen LogP contribution in [0.1, 0.15) is 28.8 Å². The zero-order chi connectivity index (χ0) is 15.8. The summed E-state index contributed by atoms with van der Waals surface area (Å²) >= 11 is 0. The molecule has 1 amide bonds. The smallest absolute Gasteiger partial charge is 0.251 e. The molecule has 1 aromatic carbocycles. The fourth-order valence-electron chi connectivity index (χ4n) is 2.40. The van der Waals surface area contributed by atoms with E-state index in [0.717, 1.165) is 45.7 Å². The summed E-state index contributed by atoms with van der Waals surface area (Å²) < 4.78 is 5.29. The standard InChI is InChI=1S/C16H21N3O3/c17-12-13-9-14(11-15(20)10-13)16(21)18-3-1-2-4-19-5-7-22-8-6-19/h9-11,20H,1-8H2,(H,18,21). The topological polar surface area (TPSA) is 85.6 Å². The lowest BCUT2D eigenvalue weighted by molar-refractivity contribution is 0.0372. The van der Waals surface area contributed by atoms with Crippen molar-refractivity contribution in [2.45, 2.75) is 12.8 Å². The molecule has 1 aromatic rings. The zero-order valence-electron chi connectivity index (χ0n) is 12.5. The number of benzene rings is 1. The zero-order valence-corrected chi connectivity index (χ0v) is 12.5. The molecule has 118 valence electrons. The molecule has 22 heavy (non-hydrogen) atoms. The molecule has 1 aliphatic heterocycles. The van der Waals surface area contributed by atoms with Crippen LogP contribution in [0.3, 0.4) is 0 Å². The van der Waals surface area contributed by atoms with E-state index in [2.05, 4.69) is 10.2 Å². The van der Waals surface area contributed by atoms with Crippen molar-refractivity contribution in [2.75, 3.05) is 39.4 Å². The van der Waals surface area contributed by atoms with Gasteiger partial charge in [-0.15, -0.1) is 0 Å². The Balaban J connectivity index is 1.69. The average Bonchev–Trinajstić information content (AvgIpc) is 2.54. The van der Waals surface area contributed by atoms with Gasteiger partial charge in [-0.2, -0.15) is 5.26 Å². The van der Waals surface area contributed by atoms with Crippen LogP contribution in [0.4, 0.5) is 0 Å². The summed E-state index contributed by atoms with van der Waals surface area (Å²) in [5.41, 5.74) is 0.585. The maximum absolute atomic E-state index is 12.0. The maximum Gasteiger partial charge on any atom is 0.251 e. The first kappa shape index (κ1) is 16.3. The number of aromatic hydroxyl groups is 1. The minimum Gasteiger partial charge on any atom is -0.508 e. The normalized spacial score (nSPS) is 15.2. The predicted molar refractivity (Wildman–Crippen MR) is 81.6 cm³/mol. The van der Waals surface area contributed by atoms with Gasteiger partial charge in [0.2, 0.25) is 0 Å². The van der Waals surface area contributed by atoms with E-state index in [4.69, 9.17) is 10.00 Å². The molecule has 6 nitrogen and oxygen atoms in total. The number of carbonyl (C=O) groups excluding carboxylic acids is 1. The van der Waals surface area contributed by atoms with Crippen molar-refractivity contribution in [3.8, 4) is 11.8 Å². The lowest BCUT2D eigenvalue weighted by atomic mass is 10.1. The highest BCUT2D eigenvalue weighted by molar-refractivity contribution is 5.94. The molecule has 0 aromatic heterocycles. The predicted octanol–water partition coefficient (Wildman–Crippen LogP) is 1.11. The number of nitriles is 1. The number of ether oxygens (including phenoxy) is 1. The van der Waals surface area contributed by atoms with Gasteiger partial charge in [-0.05, 0) is 37.6 Å². The molecule has 0 spiro atoms. The number of hydrogen-bond donors (Lipinski definition) is 2. The SMILES string of the molecule is N#Cc1cc(O)cc(C(=O)NCCCCN2CCOCC2)c1. The Labute approximate surface area is 130 Å². The van der Waals surface area contributed by atoms with Gasteiger partial charge in [-0.1, -0.05) is 0 Å². The molecule has 1 saturated heterocycles. The van der Waals surface area contributed by atoms with Crippen molar-refractivity contribution >= 4 is 5.91 Å². The molecule has 6 heteroatoms. The van der Waals surface area contributed by atoms with Crippen LogP contribution in [0.2, 0.25) is 0 Å². The van der Waals surface area contributed by atoms with E-state index in [1.165, 1.54) is 18.2 Å². The number of carbonyl (C=O) groups is 1. The number of rotatable bonds is 6. The lowest BCUT2D eigenvalue weighted by Gasteiger charge is -2.26. The van der Waals surface area contributed by atoms with Gasteiger partial charge >= 0.3 is 0 Å². The minimum absolute atomic E-state index is 0.0727. The first-order valence-corrected chi connectivity index (χ1v) is 7.51. The lowest BCUT2D eigenvalue weighted by Crippen LogP contribution is -2.37. The highest BCUT2D eigenvalue weighted by Gasteiger charge is 2.10. The number of phenolic OH excluding ortho intramolecular Hbond substituents is 1. The first-order valence-electron chi connectivity index (χ1n) is 7.51. The van der Waals surface area contributed by atoms with E-state index in [-0.39, 0.29) is 17.2 Å². The van der Waals surface area contributed by atoms with Gasteiger partial charge in [-0.3, -0.25) is 9.69 Å². The molecule has 2 rings (SSSR count). The third kappa shape index (κ3) is 5.02. The largest absolute Gasteiger partial charge is 0.508 e. The summed E-state index contributed by atoms with van der Waals surface area (Å²) in [4.78, 5) is 14.3. The molecule has 0 aliphatic carbocycles. The first-order chi connectivity index (χ1) is 10.7. The molecular formula is C16H21N3O3. The van der Waals surface area contributed by atoms with E-state index in [1.807, 2.05) is 6.07 Å². The third-order valence-corrected chi connectivity index (χ3v) is 3.60. The van der Waals surface area contributed by atoms with Gasteiger partial charge in [0.15, 0.2) is 0 Å². The molecule has 1 fully saturated rings. The van der Waals surface area contributed by atoms with E-state index in [1.54, 1.807) is 0 Å². The van der Waals surface area contributed by atoms with E-state index in [9.17, 15) is 9.90 Å². The molecule has 1 aliphatic rings. The van der Waals surface area contributed by atoms with E-state index >= 15 is 0 Å².